The average Bonchev–Trinajstić information content (AvgIpc) is 2.92. The molecular formula is C32H47NO9. The van der Waals surface area contributed by atoms with Crippen molar-refractivity contribution >= 4 is 29.6 Å². The van der Waals surface area contributed by atoms with Gasteiger partial charge in [-0.25, -0.2) is 9.59 Å². The van der Waals surface area contributed by atoms with Crippen molar-refractivity contribution in [1.82, 2.24) is 5.32 Å². The van der Waals surface area contributed by atoms with Crippen molar-refractivity contribution in [2.45, 2.75) is 115 Å². The van der Waals surface area contributed by atoms with Gasteiger partial charge < -0.3 is 25.7 Å². The lowest BCUT2D eigenvalue weighted by atomic mass is 9.82. The van der Waals surface area contributed by atoms with Crippen LogP contribution in [0.5, 0.6) is 0 Å². The molecule has 0 radical (unpaired) electrons. The van der Waals surface area contributed by atoms with Gasteiger partial charge in [-0.05, 0) is 38.2 Å². The summed E-state index contributed by atoms with van der Waals surface area (Å²) in [7, 11) is 0. The molecule has 5 N–H and O–H groups in total. The third kappa shape index (κ3) is 13.9. The van der Waals surface area contributed by atoms with Gasteiger partial charge >= 0.3 is 17.9 Å². The number of hydrogen-bond acceptors (Lipinski definition) is 6. The van der Waals surface area contributed by atoms with Gasteiger partial charge in [0, 0.05) is 19.3 Å². The highest BCUT2D eigenvalue weighted by atomic mass is 16.4. The molecule has 234 valence electrons. The summed E-state index contributed by atoms with van der Waals surface area (Å²) in [4.78, 5) is 60.4. The Labute approximate surface area is 248 Å². The van der Waals surface area contributed by atoms with Crippen LogP contribution in [0.25, 0.3) is 0 Å². The van der Waals surface area contributed by atoms with E-state index in [2.05, 4.69) is 12.2 Å². The topological polar surface area (TPSA) is 178 Å². The average molecular weight is 590 g/mol. The van der Waals surface area contributed by atoms with Crippen molar-refractivity contribution < 1.29 is 44.4 Å². The fraction of sp³-hybridized carbons (Fsp3) is 0.594. The number of aliphatic hydroxyl groups is 1. The number of unbranched alkanes of at least 4 members (excludes halogenated alkanes) is 8. The highest BCUT2D eigenvalue weighted by molar-refractivity contribution is 5.94. The maximum absolute atomic E-state index is 13.2. The number of Topliss-reactive ketones (excluding diaryl/α,β-unsaturated/α-hetero) is 1. The molecule has 0 saturated heterocycles. The van der Waals surface area contributed by atoms with Crippen LogP contribution < -0.4 is 5.32 Å². The Balaban J connectivity index is 2.77. The highest BCUT2D eigenvalue weighted by Crippen LogP contribution is 2.26. The summed E-state index contributed by atoms with van der Waals surface area (Å²) in [6.07, 6.45) is 11.5. The first-order valence-electron chi connectivity index (χ1n) is 14.8. The van der Waals surface area contributed by atoms with Crippen LogP contribution in [0, 0.1) is 12.8 Å². The Hall–Kier alpha value is -3.53. The van der Waals surface area contributed by atoms with Crippen LogP contribution in [-0.2, 0) is 30.4 Å². The molecule has 42 heavy (non-hydrogen) atoms. The Kier molecular flexibility index (Phi) is 17.0. The standard InChI is InChI=1S/C32H47NO9/c1-3-4-5-8-11-14-25(34)15-12-9-6-7-10-13-16-26(32(42,31(40)41)22-28(35)36)29(37)33-27(30(38)39)21-24-19-17-23(2)18-20-24/h13,16-20,26-27,42H,3-12,14-15,21-22H2,1-2H3,(H,33,37)(H,35,36)(H,38,39)(H,40,41)/b16-13+. The number of benzene rings is 1. The Bertz CT molecular complexity index is 1050. The number of aliphatic carboxylic acids is 3. The van der Waals surface area contributed by atoms with Crippen LogP contribution >= 0.6 is 0 Å². The maximum Gasteiger partial charge on any atom is 0.337 e. The quantitative estimate of drug-likeness (QED) is 0.0882. The first-order chi connectivity index (χ1) is 19.9. The van der Waals surface area contributed by atoms with E-state index in [-0.39, 0.29) is 12.2 Å². The van der Waals surface area contributed by atoms with Gasteiger partial charge in [0.05, 0.1) is 12.3 Å². The first-order valence-corrected chi connectivity index (χ1v) is 14.8. The van der Waals surface area contributed by atoms with Crippen LogP contribution in [0.2, 0.25) is 0 Å². The van der Waals surface area contributed by atoms with Gasteiger partial charge in [-0.1, -0.05) is 87.4 Å². The van der Waals surface area contributed by atoms with Crippen LogP contribution in [0.15, 0.2) is 36.4 Å². The molecule has 0 heterocycles. The highest BCUT2D eigenvalue weighted by Gasteiger charge is 2.49. The van der Waals surface area contributed by atoms with Gasteiger partial charge in [0.25, 0.3) is 0 Å². The Morgan fingerprint density at radius 3 is 1.95 bits per heavy atom. The van der Waals surface area contributed by atoms with E-state index in [4.69, 9.17) is 0 Å². The van der Waals surface area contributed by atoms with E-state index in [0.717, 1.165) is 50.2 Å². The van der Waals surface area contributed by atoms with Crippen LogP contribution in [0.1, 0.15) is 102 Å². The summed E-state index contributed by atoms with van der Waals surface area (Å²) in [6, 6.07) is 5.54. The minimum atomic E-state index is -2.99. The summed E-state index contributed by atoms with van der Waals surface area (Å²) in [5.41, 5.74) is -1.41. The lowest BCUT2D eigenvalue weighted by Gasteiger charge is -2.29. The number of aryl methyl sites for hydroxylation is 1. The lowest BCUT2D eigenvalue weighted by molar-refractivity contribution is -0.172. The number of carbonyl (C=O) groups excluding carboxylic acids is 2. The fourth-order valence-electron chi connectivity index (χ4n) is 4.65. The normalized spacial score (nSPS) is 14.2. The second-order valence-corrected chi connectivity index (χ2v) is 11.0. The smallest absolute Gasteiger partial charge is 0.337 e. The number of carboxylic acids is 3. The van der Waals surface area contributed by atoms with Crippen LogP contribution in [-0.4, -0.2) is 61.7 Å². The van der Waals surface area contributed by atoms with Gasteiger partial charge in [0.15, 0.2) is 5.60 Å². The molecule has 1 amide bonds. The molecule has 0 saturated carbocycles. The van der Waals surface area contributed by atoms with Gasteiger partial charge in [0.2, 0.25) is 5.91 Å². The van der Waals surface area contributed by atoms with E-state index in [1.165, 1.54) is 18.9 Å². The van der Waals surface area contributed by atoms with Gasteiger partial charge in [0.1, 0.15) is 11.8 Å². The summed E-state index contributed by atoms with van der Waals surface area (Å²) >= 11 is 0. The predicted octanol–water partition coefficient (Wildman–Crippen LogP) is 4.84. The van der Waals surface area contributed by atoms with Crippen LogP contribution in [0.4, 0.5) is 0 Å². The van der Waals surface area contributed by atoms with E-state index >= 15 is 0 Å². The number of rotatable bonds is 23. The summed E-state index contributed by atoms with van der Waals surface area (Å²) < 4.78 is 0. The summed E-state index contributed by atoms with van der Waals surface area (Å²) in [5.74, 6) is -7.58. The second kappa shape index (κ2) is 19.6. The van der Waals surface area contributed by atoms with E-state index in [1.54, 1.807) is 24.3 Å². The molecular weight excluding hydrogens is 542 g/mol. The number of amides is 1. The molecule has 0 aliphatic heterocycles. The van der Waals surface area contributed by atoms with E-state index in [0.29, 0.717) is 31.2 Å². The molecule has 1 aromatic carbocycles. The maximum atomic E-state index is 13.2. The SMILES string of the molecule is CCCCCCCC(=O)CCCCCC/C=C/C(C(=O)NC(Cc1ccc(C)cc1)C(=O)O)C(O)(CC(=O)O)C(=O)O. The third-order valence-electron chi connectivity index (χ3n) is 7.23. The monoisotopic (exact) mass is 589 g/mol. The van der Waals surface area contributed by atoms with Gasteiger partial charge in [-0.3, -0.25) is 14.4 Å². The van der Waals surface area contributed by atoms with E-state index < -0.39 is 47.8 Å². The number of carbonyl (C=O) groups is 5. The predicted molar refractivity (Wildman–Crippen MR) is 158 cm³/mol. The Morgan fingerprint density at radius 2 is 1.43 bits per heavy atom. The van der Waals surface area contributed by atoms with Gasteiger partial charge in [-0.2, -0.15) is 0 Å². The molecule has 0 fully saturated rings. The zero-order valence-electron chi connectivity index (χ0n) is 24.8. The van der Waals surface area contributed by atoms with Crippen molar-refractivity contribution in [2.24, 2.45) is 5.92 Å². The first kappa shape index (κ1) is 36.5. The number of ketones is 1. The molecule has 0 spiro atoms. The van der Waals surface area contributed by atoms with Crippen molar-refractivity contribution in [2.75, 3.05) is 0 Å². The molecule has 3 unspecified atom stereocenters. The zero-order chi connectivity index (χ0) is 31.5. The van der Waals surface area contributed by atoms with E-state index in [1.807, 2.05) is 6.92 Å². The minimum absolute atomic E-state index is 0.0937. The molecule has 1 rings (SSSR count). The molecule has 3 atom stereocenters. The second-order valence-electron chi connectivity index (χ2n) is 11.0. The van der Waals surface area contributed by atoms with Crippen LogP contribution in [0.3, 0.4) is 0 Å². The Morgan fingerprint density at radius 1 is 0.857 bits per heavy atom. The summed E-state index contributed by atoms with van der Waals surface area (Å²) in [5, 5.41) is 41.7. The third-order valence-corrected chi connectivity index (χ3v) is 7.23. The number of nitrogens with one attached hydrogen (secondary N) is 1. The molecule has 0 aromatic heterocycles. The minimum Gasteiger partial charge on any atom is -0.481 e. The molecule has 1 aromatic rings. The molecule has 10 nitrogen and oxygen atoms in total. The molecule has 0 aliphatic carbocycles. The van der Waals surface area contributed by atoms with Crippen molar-refractivity contribution in [1.29, 1.82) is 0 Å². The molecule has 0 aliphatic rings. The largest absolute Gasteiger partial charge is 0.481 e. The molecule has 0 bridgehead atoms. The summed E-state index contributed by atoms with van der Waals surface area (Å²) in [6.45, 7) is 4.02. The van der Waals surface area contributed by atoms with Crippen molar-refractivity contribution in [3.05, 3.63) is 47.5 Å². The van der Waals surface area contributed by atoms with Crippen molar-refractivity contribution in [3.8, 4) is 0 Å². The van der Waals surface area contributed by atoms with E-state index in [9.17, 15) is 44.4 Å². The number of carboxylic acid groups (broad SMARTS) is 3. The molecule has 10 heteroatoms. The fourth-order valence-corrected chi connectivity index (χ4v) is 4.65. The van der Waals surface area contributed by atoms with Gasteiger partial charge in [-0.15, -0.1) is 0 Å². The lowest BCUT2D eigenvalue weighted by Crippen LogP contribution is -2.55. The van der Waals surface area contributed by atoms with Crippen molar-refractivity contribution in [3.63, 3.8) is 0 Å². The zero-order valence-corrected chi connectivity index (χ0v) is 24.8. The number of allylic oxidation sites excluding steroid dienone is 1. The number of hydrogen-bond donors (Lipinski definition) is 5.